The number of nitrogens with zero attached hydrogens (tertiary/aromatic N) is 3. The topological polar surface area (TPSA) is 169 Å². The molecular formula is C35H42N6O7S. The molecule has 2 aromatic carbocycles. The number of aromatic nitrogens is 2. The molecule has 0 radical (unpaired) electrons. The number of amides is 3. The predicted molar refractivity (Wildman–Crippen MR) is 181 cm³/mol. The minimum Gasteiger partial charge on any atom is -0.497 e. The molecule has 13 nitrogen and oxygen atoms in total. The molecule has 14 heteroatoms. The molecule has 260 valence electrons. The third-order valence-corrected chi connectivity index (χ3v) is 12.0. The zero-order valence-corrected chi connectivity index (χ0v) is 28.5. The highest BCUT2D eigenvalue weighted by Crippen LogP contribution is 2.42. The van der Waals surface area contributed by atoms with Crippen LogP contribution >= 0.6 is 0 Å². The van der Waals surface area contributed by atoms with E-state index in [1.165, 1.54) is 0 Å². The lowest BCUT2D eigenvalue weighted by molar-refractivity contribution is -0.140. The van der Waals surface area contributed by atoms with Crippen LogP contribution in [-0.2, 0) is 24.4 Å². The van der Waals surface area contributed by atoms with Crippen molar-refractivity contribution in [1.82, 2.24) is 30.2 Å². The molecule has 0 bridgehead atoms. The summed E-state index contributed by atoms with van der Waals surface area (Å²) < 4.78 is 39.7. The van der Waals surface area contributed by atoms with E-state index in [9.17, 15) is 22.8 Å². The third-order valence-electron chi connectivity index (χ3n) is 10.2. The van der Waals surface area contributed by atoms with E-state index in [-0.39, 0.29) is 25.2 Å². The van der Waals surface area contributed by atoms with Gasteiger partial charge in [0.1, 0.15) is 17.4 Å². The summed E-state index contributed by atoms with van der Waals surface area (Å²) >= 11 is 0. The Kier molecular flexibility index (Phi) is 8.94. The molecule has 0 unspecified atom stereocenters. The van der Waals surface area contributed by atoms with Crippen molar-refractivity contribution in [2.24, 2.45) is 11.8 Å². The summed E-state index contributed by atoms with van der Waals surface area (Å²) in [5, 5.41) is 6.35. The molecule has 4 aliphatic rings. The maximum Gasteiger partial charge on any atom is 0.260 e. The van der Waals surface area contributed by atoms with E-state index >= 15 is 0 Å². The van der Waals surface area contributed by atoms with E-state index in [2.05, 4.69) is 15.4 Å². The quantitative estimate of drug-likeness (QED) is 0.335. The second-order valence-corrected chi connectivity index (χ2v) is 15.7. The van der Waals surface area contributed by atoms with Crippen molar-refractivity contribution < 1.29 is 32.3 Å². The number of hydrogen-bond acceptors (Lipinski definition) is 10. The van der Waals surface area contributed by atoms with E-state index in [0.717, 1.165) is 24.8 Å². The first-order valence-electron chi connectivity index (χ1n) is 17.0. The van der Waals surface area contributed by atoms with Crippen LogP contribution in [0.2, 0.25) is 0 Å². The number of rotatable bonds is 7. The Morgan fingerprint density at radius 2 is 1.80 bits per heavy atom. The van der Waals surface area contributed by atoms with Gasteiger partial charge < -0.3 is 25.0 Å². The van der Waals surface area contributed by atoms with Gasteiger partial charge in [-0.1, -0.05) is 36.8 Å². The second-order valence-electron chi connectivity index (χ2n) is 13.7. The summed E-state index contributed by atoms with van der Waals surface area (Å²) in [5.41, 5.74) is -0.00362. The predicted octanol–water partition coefficient (Wildman–Crippen LogP) is 2.55. The normalized spacial score (nSPS) is 27.8. The van der Waals surface area contributed by atoms with Gasteiger partial charge >= 0.3 is 0 Å². The Bertz CT molecular complexity index is 1870. The molecule has 3 aliphatic carbocycles. The first-order valence-corrected chi connectivity index (χ1v) is 18.6. The number of nitrogens with one attached hydrogen (secondary N) is 3. The van der Waals surface area contributed by atoms with Gasteiger partial charge in [-0.2, -0.15) is 4.98 Å². The van der Waals surface area contributed by atoms with Crippen LogP contribution in [0.3, 0.4) is 0 Å². The van der Waals surface area contributed by atoms with E-state index < -0.39 is 56.6 Å². The van der Waals surface area contributed by atoms with Crippen LogP contribution in [0.25, 0.3) is 22.3 Å². The Hall–Kier alpha value is -4.30. The monoisotopic (exact) mass is 690 g/mol. The maximum atomic E-state index is 14.2. The van der Waals surface area contributed by atoms with Crippen LogP contribution in [-0.4, -0.2) is 91.2 Å². The minimum atomic E-state index is -3.83. The molecule has 49 heavy (non-hydrogen) atoms. The average molecular weight is 691 g/mol. The van der Waals surface area contributed by atoms with Crippen molar-refractivity contribution in [2.45, 2.75) is 74.3 Å². The van der Waals surface area contributed by atoms with Crippen LogP contribution in [0.1, 0.15) is 51.4 Å². The maximum absolute atomic E-state index is 14.2. The Balaban J connectivity index is 1.19. The number of fused-ring (bicyclic) bond motifs is 3. The van der Waals surface area contributed by atoms with Crippen molar-refractivity contribution in [3.05, 3.63) is 48.5 Å². The molecule has 1 aromatic heterocycles. The van der Waals surface area contributed by atoms with Crippen LogP contribution < -0.4 is 24.8 Å². The molecule has 3 N–H and O–H groups in total. The molecular weight excluding hydrogens is 648 g/mol. The number of sulfonamides is 1. The zero-order valence-electron chi connectivity index (χ0n) is 27.7. The van der Waals surface area contributed by atoms with Gasteiger partial charge in [0.2, 0.25) is 27.7 Å². The summed E-state index contributed by atoms with van der Waals surface area (Å²) in [6.07, 6.45) is 3.67. The summed E-state index contributed by atoms with van der Waals surface area (Å²) in [7, 11) is -0.493. The molecule has 4 fully saturated rings. The highest BCUT2D eigenvalue weighted by molar-refractivity contribution is 7.91. The van der Waals surface area contributed by atoms with Gasteiger partial charge in [0, 0.05) is 31.3 Å². The number of hydrogen-bond donors (Lipinski definition) is 3. The summed E-state index contributed by atoms with van der Waals surface area (Å²) in [5.74, 6) is -1.47. The second kappa shape index (κ2) is 13.2. The fourth-order valence-corrected chi connectivity index (χ4v) is 8.46. The first kappa shape index (κ1) is 33.2. The highest BCUT2D eigenvalue weighted by atomic mass is 32.2. The van der Waals surface area contributed by atoms with E-state index in [1.807, 2.05) is 42.5 Å². The van der Waals surface area contributed by atoms with Gasteiger partial charge in [-0.15, -0.1) is 0 Å². The summed E-state index contributed by atoms with van der Waals surface area (Å²) in [6.45, 7) is 1.16. The molecule has 1 saturated heterocycles. The Labute approximate surface area is 285 Å². The fraction of sp³-hybridized carbons (Fsp3) is 0.514. The number of benzene rings is 2. The summed E-state index contributed by atoms with van der Waals surface area (Å²) in [6, 6.07) is 14.5. The van der Waals surface area contributed by atoms with Gasteiger partial charge in [0.25, 0.3) is 5.91 Å². The van der Waals surface area contributed by atoms with E-state index in [4.69, 9.17) is 19.4 Å². The number of ether oxygens (including phenoxy) is 2. The lowest BCUT2D eigenvalue weighted by Gasteiger charge is -2.27. The van der Waals surface area contributed by atoms with Crippen LogP contribution in [0.4, 0.5) is 0 Å². The number of carbonyl (C=O) groups is 3. The molecule has 1 aliphatic heterocycles. The molecule has 7 rings (SSSR count). The van der Waals surface area contributed by atoms with E-state index in [0.29, 0.717) is 54.3 Å². The highest BCUT2D eigenvalue weighted by Gasteiger charge is 2.63. The third kappa shape index (κ3) is 6.80. The first-order chi connectivity index (χ1) is 23.6. The smallest absolute Gasteiger partial charge is 0.260 e. The van der Waals surface area contributed by atoms with Gasteiger partial charge in [-0.05, 0) is 63.6 Å². The van der Waals surface area contributed by atoms with Crippen LogP contribution in [0.5, 0.6) is 11.6 Å². The van der Waals surface area contributed by atoms with Crippen molar-refractivity contribution in [3.8, 4) is 23.0 Å². The summed E-state index contributed by atoms with van der Waals surface area (Å²) in [4.78, 5) is 52.9. The van der Waals surface area contributed by atoms with Crippen LogP contribution in [0, 0.1) is 11.8 Å². The van der Waals surface area contributed by atoms with Gasteiger partial charge in [-0.3, -0.25) is 19.1 Å². The zero-order chi connectivity index (χ0) is 34.3. The standard InChI is InChI=1S/C35H42N6O7S/c1-41-16-8-4-7-15-36-29-20-35(29,34(44)40-49(45,46)24-12-13-24)39-31(42)26-17-23(18-27(26)33(41)43)48-32-25-14-11-22(47-2)19-28(25)37-30(38-32)21-9-5-3-6-10-21/h3,5-6,9-11,14,19,23-24,26-27,29,36H,4,7-8,12-13,15-18,20H2,1-2H3,(H,39,42)(H,40,44)/t23-,26-,27-,29-,35-/m1/s1. The largest absolute Gasteiger partial charge is 0.497 e. The molecule has 3 amide bonds. The number of methoxy groups -OCH3 is 1. The van der Waals surface area contributed by atoms with Gasteiger partial charge in [0.05, 0.1) is 35.1 Å². The van der Waals surface area contributed by atoms with Crippen molar-refractivity contribution in [1.29, 1.82) is 0 Å². The lowest BCUT2D eigenvalue weighted by atomic mass is 9.93. The van der Waals surface area contributed by atoms with Crippen molar-refractivity contribution in [2.75, 3.05) is 27.2 Å². The molecule has 3 saturated carbocycles. The lowest BCUT2D eigenvalue weighted by Crippen LogP contribution is -2.56. The number of carbonyl (C=O) groups excluding carboxylic acids is 3. The Morgan fingerprint density at radius 1 is 1.02 bits per heavy atom. The molecule has 0 spiro atoms. The SMILES string of the molecule is COc1ccc2c(O[C@@H]3C[C@H]4C(=O)N[C@]5(C(=O)NS(=O)(=O)C6CC6)C[C@H]5NCCCCCN(C)C(=O)[C@@H]4C3)nc(-c3ccccc3)nc2c1. The van der Waals surface area contributed by atoms with Crippen LogP contribution in [0.15, 0.2) is 48.5 Å². The molecule has 5 atom stereocenters. The fourth-order valence-electron chi connectivity index (χ4n) is 7.09. The molecule has 2 heterocycles. The average Bonchev–Trinajstić information content (AvgIpc) is 4.02. The van der Waals surface area contributed by atoms with Crippen molar-refractivity contribution >= 4 is 38.6 Å². The van der Waals surface area contributed by atoms with Crippen molar-refractivity contribution in [3.63, 3.8) is 0 Å². The van der Waals surface area contributed by atoms with Gasteiger partial charge in [0.15, 0.2) is 5.82 Å². The Morgan fingerprint density at radius 3 is 2.55 bits per heavy atom. The van der Waals surface area contributed by atoms with Gasteiger partial charge in [-0.25, -0.2) is 13.4 Å². The van der Waals surface area contributed by atoms with E-state index in [1.54, 1.807) is 25.1 Å². The molecule has 3 aromatic rings. The minimum absolute atomic E-state index is 0.161.